The molecule has 208 valence electrons. The number of likely N-dealkylation sites (tertiary alicyclic amines) is 1. The van der Waals surface area contributed by atoms with Crippen LogP contribution in [-0.2, 0) is 13.1 Å². The molecule has 0 bridgehead atoms. The Morgan fingerprint density at radius 2 is 1.78 bits per heavy atom. The first-order valence-electron chi connectivity index (χ1n) is 13.8. The summed E-state index contributed by atoms with van der Waals surface area (Å²) in [5.74, 6) is 2.01. The summed E-state index contributed by atoms with van der Waals surface area (Å²) in [6, 6.07) is 25.6. The van der Waals surface area contributed by atoms with Crippen LogP contribution in [0.5, 0.6) is 5.75 Å². The van der Waals surface area contributed by atoms with Crippen molar-refractivity contribution in [2.75, 3.05) is 20.1 Å². The van der Waals surface area contributed by atoms with Crippen LogP contribution in [0, 0.1) is 0 Å². The second kappa shape index (κ2) is 12.2. The van der Waals surface area contributed by atoms with Gasteiger partial charge in [-0.2, -0.15) is 0 Å². The van der Waals surface area contributed by atoms with E-state index in [2.05, 4.69) is 32.2 Å². The maximum absolute atomic E-state index is 13.1. The number of aromatic nitrogens is 4. The molecular formula is C32H32N6O3. The van der Waals surface area contributed by atoms with Crippen LogP contribution < -0.4 is 4.74 Å². The van der Waals surface area contributed by atoms with Crippen molar-refractivity contribution in [3.63, 3.8) is 0 Å². The van der Waals surface area contributed by atoms with Gasteiger partial charge in [0, 0.05) is 61.7 Å². The predicted molar refractivity (Wildman–Crippen MR) is 154 cm³/mol. The van der Waals surface area contributed by atoms with Gasteiger partial charge >= 0.3 is 0 Å². The van der Waals surface area contributed by atoms with Gasteiger partial charge in [-0.3, -0.25) is 9.69 Å². The quantitative estimate of drug-likeness (QED) is 0.249. The minimum atomic E-state index is 0.0581. The highest BCUT2D eigenvalue weighted by molar-refractivity contribution is 5.94. The van der Waals surface area contributed by atoms with E-state index in [0.29, 0.717) is 43.5 Å². The first-order chi connectivity index (χ1) is 20.1. The van der Waals surface area contributed by atoms with Crippen molar-refractivity contribution in [2.45, 2.75) is 32.0 Å². The van der Waals surface area contributed by atoms with Gasteiger partial charge in [0.25, 0.3) is 5.91 Å². The van der Waals surface area contributed by atoms with Crippen LogP contribution >= 0.6 is 0 Å². The highest BCUT2D eigenvalue weighted by atomic mass is 16.5. The number of imidazole rings is 1. The predicted octanol–water partition coefficient (Wildman–Crippen LogP) is 5.24. The number of piperidine rings is 1. The van der Waals surface area contributed by atoms with Crippen molar-refractivity contribution in [2.24, 2.45) is 0 Å². The number of rotatable bonds is 9. The molecule has 0 aliphatic carbocycles. The van der Waals surface area contributed by atoms with Crippen LogP contribution in [0.3, 0.4) is 0 Å². The fourth-order valence-corrected chi connectivity index (χ4v) is 5.07. The molecule has 2 aromatic heterocycles. The van der Waals surface area contributed by atoms with Gasteiger partial charge in [0.2, 0.25) is 11.8 Å². The molecular weight excluding hydrogens is 516 g/mol. The number of carbonyl (C=O) groups excluding carboxylic acids is 1. The van der Waals surface area contributed by atoms with Crippen LogP contribution in [0.15, 0.2) is 102 Å². The Balaban J connectivity index is 0.986. The number of carbonyl (C=O) groups is 1. The largest absolute Gasteiger partial charge is 0.490 e. The molecule has 0 radical (unpaired) electrons. The molecule has 0 saturated carbocycles. The highest BCUT2D eigenvalue weighted by Crippen LogP contribution is 2.23. The number of hydrogen-bond donors (Lipinski definition) is 0. The third-order valence-electron chi connectivity index (χ3n) is 7.19. The number of amides is 1. The molecule has 1 aliphatic rings. The molecule has 6 rings (SSSR count). The molecule has 0 atom stereocenters. The number of benzene rings is 3. The molecule has 1 saturated heterocycles. The van der Waals surface area contributed by atoms with Crippen LogP contribution in [0.2, 0.25) is 0 Å². The van der Waals surface area contributed by atoms with Gasteiger partial charge in [-0.25, -0.2) is 4.98 Å². The van der Waals surface area contributed by atoms with Crippen molar-refractivity contribution in [1.82, 2.24) is 29.5 Å². The molecule has 0 unspecified atom stereocenters. The number of hydrogen-bond acceptors (Lipinski definition) is 7. The lowest BCUT2D eigenvalue weighted by Crippen LogP contribution is -2.41. The standard InChI is InChI=1S/C32H32N6O3/c1-36(22-30-34-35-31(41-30)25-7-3-2-4-8-25)21-24-6-5-9-29(20-24)40-28-14-17-37(18-15-28)32(39)26-10-12-27(13-11-26)38-19-16-33-23-38/h2-13,16,19-20,23,28H,14-15,17-18,21-22H2,1H3. The topological polar surface area (TPSA) is 89.5 Å². The fourth-order valence-electron chi connectivity index (χ4n) is 5.07. The van der Waals surface area contributed by atoms with Crippen LogP contribution in [0.4, 0.5) is 0 Å². The first-order valence-corrected chi connectivity index (χ1v) is 13.8. The minimum absolute atomic E-state index is 0.0581. The van der Waals surface area contributed by atoms with E-state index in [4.69, 9.17) is 9.15 Å². The van der Waals surface area contributed by atoms with Crippen LogP contribution in [-0.4, -0.2) is 61.7 Å². The Bertz CT molecular complexity index is 1560. The lowest BCUT2D eigenvalue weighted by Gasteiger charge is -2.32. The zero-order chi connectivity index (χ0) is 28.0. The average Bonchev–Trinajstić information content (AvgIpc) is 3.71. The van der Waals surface area contributed by atoms with E-state index in [1.54, 1.807) is 12.5 Å². The van der Waals surface area contributed by atoms with Crippen molar-refractivity contribution in [3.05, 3.63) is 115 Å². The molecule has 9 nitrogen and oxygen atoms in total. The summed E-state index contributed by atoms with van der Waals surface area (Å²) in [4.78, 5) is 21.2. The summed E-state index contributed by atoms with van der Waals surface area (Å²) >= 11 is 0. The van der Waals surface area contributed by atoms with Crippen LogP contribution in [0.1, 0.15) is 34.7 Å². The molecule has 9 heteroatoms. The Morgan fingerprint density at radius 3 is 2.54 bits per heavy atom. The molecule has 3 heterocycles. The van der Waals surface area contributed by atoms with E-state index in [1.807, 2.05) is 89.4 Å². The summed E-state index contributed by atoms with van der Waals surface area (Å²) in [6.45, 7) is 2.60. The SMILES string of the molecule is CN(Cc1cccc(OC2CCN(C(=O)c3ccc(-n4ccnc4)cc3)CC2)c1)Cc1nnc(-c2ccccc2)o1. The molecule has 1 fully saturated rings. The highest BCUT2D eigenvalue weighted by Gasteiger charge is 2.25. The summed E-state index contributed by atoms with van der Waals surface area (Å²) < 4.78 is 14.1. The van der Waals surface area contributed by atoms with Crippen molar-refractivity contribution < 1.29 is 13.9 Å². The molecule has 41 heavy (non-hydrogen) atoms. The van der Waals surface area contributed by atoms with E-state index in [1.165, 1.54) is 0 Å². The summed E-state index contributed by atoms with van der Waals surface area (Å²) in [5, 5.41) is 8.39. The maximum Gasteiger partial charge on any atom is 0.253 e. The number of nitrogens with zero attached hydrogens (tertiary/aromatic N) is 6. The zero-order valence-corrected chi connectivity index (χ0v) is 23.0. The van der Waals surface area contributed by atoms with Crippen molar-refractivity contribution in [1.29, 1.82) is 0 Å². The molecule has 3 aromatic carbocycles. The Morgan fingerprint density at radius 1 is 0.976 bits per heavy atom. The smallest absolute Gasteiger partial charge is 0.253 e. The summed E-state index contributed by atoms with van der Waals surface area (Å²) in [6.07, 6.45) is 7.03. The lowest BCUT2D eigenvalue weighted by atomic mass is 10.1. The third-order valence-corrected chi connectivity index (χ3v) is 7.19. The van der Waals surface area contributed by atoms with Gasteiger partial charge < -0.3 is 18.6 Å². The fraction of sp³-hybridized carbons (Fsp3) is 0.250. The third kappa shape index (κ3) is 6.53. The average molecular weight is 549 g/mol. The second-order valence-corrected chi connectivity index (χ2v) is 10.3. The lowest BCUT2D eigenvalue weighted by molar-refractivity contribution is 0.0595. The minimum Gasteiger partial charge on any atom is -0.490 e. The van der Waals surface area contributed by atoms with Crippen molar-refractivity contribution >= 4 is 5.91 Å². The van der Waals surface area contributed by atoms with E-state index < -0.39 is 0 Å². The second-order valence-electron chi connectivity index (χ2n) is 10.3. The zero-order valence-electron chi connectivity index (χ0n) is 23.0. The number of ether oxygens (including phenoxy) is 1. The van der Waals surface area contributed by atoms with E-state index in [9.17, 15) is 4.79 Å². The van der Waals surface area contributed by atoms with Gasteiger partial charge in [0.05, 0.1) is 12.9 Å². The monoisotopic (exact) mass is 548 g/mol. The Labute approximate surface area is 239 Å². The van der Waals surface area contributed by atoms with E-state index in [-0.39, 0.29) is 12.0 Å². The van der Waals surface area contributed by atoms with Crippen molar-refractivity contribution in [3.8, 4) is 22.9 Å². The molecule has 1 amide bonds. The normalized spacial score (nSPS) is 14.0. The first kappa shape index (κ1) is 26.5. The van der Waals surface area contributed by atoms with E-state index >= 15 is 0 Å². The van der Waals surface area contributed by atoms with Crippen LogP contribution in [0.25, 0.3) is 17.1 Å². The van der Waals surface area contributed by atoms with Gasteiger partial charge in [-0.15, -0.1) is 10.2 Å². The summed E-state index contributed by atoms with van der Waals surface area (Å²) in [5.41, 5.74) is 3.72. The maximum atomic E-state index is 13.1. The molecule has 0 N–H and O–H groups in total. The molecule has 0 spiro atoms. The van der Waals surface area contributed by atoms with Gasteiger partial charge in [-0.05, 0) is 61.1 Å². The Hall–Kier alpha value is -4.76. The van der Waals surface area contributed by atoms with Gasteiger partial charge in [-0.1, -0.05) is 30.3 Å². The Kier molecular flexibility index (Phi) is 7.86. The molecule has 5 aromatic rings. The summed E-state index contributed by atoms with van der Waals surface area (Å²) in [7, 11) is 2.03. The van der Waals surface area contributed by atoms with E-state index in [0.717, 1.165) is 35.4 Å². The molecule has 1 aliphatic heterocycles. The van der Waals surface area contributed by atoms with Gasteiger partial charge in [0.15, 0.2) is 0 Å². The van der Waals surface area contributed by atoms with Gasteiger partial charge in [0.1, 0.15) is 11.9 Å².